The molecule has 252 valence electrons. The van der Waals surface area contributed by atoms with Gasteiger partial charge in [-0.1, -0.05) is 152 Å². The third-order valence-electron chi connectivity index (χ3n) is 11.0. The van der Waals surface area contributed by atoms with E-state index < -0.39 is 0 Å². The van der Waals surface area contributed by atoms with Gasteiger partial charge in [-0.3, -0.25) is 0 Å². The van der Waals surface area contributed by atoms with E-state index in [-0.39, 0.29) is 0 Å². The smallest absolute Gasteiger partial charge is 0.0554 e. The maximum Gasteiger partial charge on any atom is 0.0554 e. The minimum Gasteiger partial charge on any atom is -0.310 e. The lowest BCUT2D eigenvalue weighted by Gasteiger charge is -2.27. The van der Waals surface area contributed by atoms with E-state index in [9.17, 15) is 0 Å². The van der Waals surface area contributed by atoms with Crippen LogP contribution in [-0.2, 0) is 0 Å². The standard InChI is InChI=1S/C52H33NS/c1-2-16-40-35(12-1)13-10-22-41(40)37-14-9-15-39(32-37)53(49-23-11-25-51-52(49)47-21-7-8-24-50(47)54-51)38-29-26-34(27-30-38)36-28-31-46-44-19-4-3-17-42(44)43-18-5-6-20-45(43)48(46)33-36/h1-33H. The van der Waals surface area contributed by atoms with Crippen molar-refractivity contribution in [1.82, 2.24) is 0 Å². The summed E-state index contributed by atoms with van der Waals surface area (Å²) < 4.78 is 2.59. The van der Waals surface area contributed by atoms with Gasteiger partial charge in [-0.2, -0.15) is 0 Å². The molecule has 0 unspecified atom stereocenters. The first kappa shape index (κ1) is 30.8. The lowest BCUT2D eigenvalue weighted by molar-refractivity contribution is 1.30. The van der Waals surface area contributed by atoms with Gasteiger partial charge in [0.15, 0.2) is 0 Å². The van der Waals surface area contributed by atoms with Crippen molar-refractivity contribution in [2.75, 3.05) is 4.90 Å². The highest BCUT2D eigenvalue weighted by atomic mass is 32.1. The van der Waals surface area contributed by atoms with E-state index in [2.05, 4.69) is 205 Å². The van der Waals surface area contributed by atoms with E-state index >= 15 is 0 Å². The third kappa shape index (κ3) is 4.92. The largest absolute Gasteiger partial charge is 0.310 e. The molecule has 0 amide bonds. The van der Waals surface area contributed by atoms with E-state index in [1.165, 1.54) is 91.2 Å². The van der Waals surface area contributed by atoms with E-state index in [1.807, 2.05) is 11.3 Å². The van der Waals surface area contributed by atoms with Crippen LogP contribution >= 0.6 is 11.3 Å². The zero-order chi connectivity index (χ0) is 35.6. The van der Waals surface area contributed by atoms with Crippen molar-refractivity contribution in [3.63, 3.8) is 0 Å². The minimum absolute atomic E-state index is 1.12. The molecule has 0 aliphatic carbocycles. The van der Waals surface area contributed by atoms with Crippen molar-refractivity contribution < 1.29 is 0 Å². The Balaban J connectivity index is 1.08. The summed E-state index contributed by atoms with van der Waals surface area (Å²) in [5.41, 5.74) is 8.27. The molecule has 0 atom stereocenters. The summed E-state index contributed by atoms with van der Waals surface area (Å²) in [6, 6.07) is 73.5. The van der Waals surface area contributed by atoms with Gasteiger partial charge in [0.05, 0.1) is 5.69 Å². The van der Waals surface area contributed by atoms with Gasteiger partial charge in [-0.25, -0.2) is 0 Å². The quantitative estimate of drug-likeness (QED) is 0.161. The molecule has 1 heterocycles. The van der Waals surface area contributed by atoms with Gasteiger partial charge < -0.3 is 4.90 Å². The van der Waals surface area contributed by atoms with Gasteiger partial charge in [-0.15, -0.1) is 11.3 Å². The molecule has 0 saturated carbocycles. The average Bonchev–Trinajstić information content (AvgIpc) is 3.63. The Morgan fingerprint density at radius 1 is 0.315 bits per heavy atom. The molecule has 0 spiro atoms. The van der Waals surface area contributed by atoms with Crippen LogP contribution in [0, 0.1) is 0 Å². The number of nitrogens with zero attached hydrogens (tertiary/aromatic N) is 1. The Hall–Kier alpha value is -6.74. The van der Waals surface area contributed by atoms with Gasteiger partial charge >= 0.3 is 0 Å². The predicted octanol–water partition coefficient (Wildman–Crippen LogP) is 15.5. The normalized spacial score (nSPS) is 11.7. The topological polar surface area (TPSA) is 3.24 Å². The van der Waals surface area contributed by atoms with Crippen molar-refractivity contribution in [3.05, 3.63) is 200 Å². The molecule has 1 nitrogen and oxygen atoms in total. The van der Waals surface area contributed by atoms with Crippen molar-refractivity contribution >= 4 is 91.7 Å². The van der Waals surface area contributed by atoms with Crippen LogP contribution in [0.1, 0.15) is 0 Å². The zero-order valence-electron chi connectivity index (χ0n) is 29.4. The van der Waals surface area contributed by atoms with Gasteiger partial charge in [-0.05, 0) is 114 Å². The minimum atomic E-state index is 1.12. The number of hydrogen-bond acceptors (Lipinski definition) is 2. The highest BCUT2D eigenvalue weighted by Crippen LogP contribution is 2.46. The predicted molar refractivity (Wildman–Crippen MR) is 235 cm³/mol. The Labute approximate surface area is 317 Å². The van der Waals surface area contributed by atoms with Crippen LogP contribution in [0.2, 0.25) is 0 Å². The second-order valence-electron chi connectivity index (χ2n) is 14.1. The lowest BCUT2D eigenvalue weighted by atomic mass is 9.92. The molecule has 0 aliphatic rings. The van der Waals surface area contributed by atoms with Crippen molar-refractivity contribution in [2.45, 2.75) is 0 Å². The molecule has 1 aromatic heterocycles. The molecule has 0 fully saturated rings. The number of anilines is 3. The average molecular weight is 704 g/mol. The first-order valence-corrected chi connectivity index (χ1v) is 19.3. The fraction of sp³-hybridized carbons (Fsp3) is 0. The summed E-state index contributed by atoms with van der Waals surface area (Å²) in [4.78, 5) is 2.44. The maximum atomic E-state index is 2.44. The number of thiophene rings is 1. The fourth-order valence-corrected chi connectivity index (χ4v) is 9.68. The summed E-state index contributed by atoms with van der Waals surface area (Å²) in [7, 11) is 0. The molecule has 11 aromatic rings. The summed E-state index contributed by atoms with van der Waals surface area (Å²) in [6.07, 6.45) is 0. The number of hydrogen-bond donors (Lipinski definition) is 0. The molecule has 0 radical (unpaired) electrons. The summed E-state index contributed by atoms with van der Waals surface area (Å²) in [5.74, 6) is 0. The summed E-state index contributed by atoms with van der Waals surface area (Å²) in [6.45, 7) is 0. The van der Waals surface area contributed by atoms with Crippen LogP contribution in [0.5, 0.6) is 0 Å². The van der Waals surface area contributed by atoms with Crippen LogP contribution in [-0.4, -0.2) is 0 Å². The molecule has 10 aromatic carbocycles. The fourth-order valence-electron chi connectivity index (χ4n) is 8.55. The van der Waals surface area contributed by atoms with Gasteiger partial charge in [0.2, 0.25) is 0 Å². The molecule has 0 saturated heterocycles. The Bertz CT molecular complexity index is 3190. The van der Waals surface area contributed by atoms with Crippen molar-refractivity contribution in [3.8, 4) is 22.3 Å². The first-order valence-electron chi connectivity index (χ1n) is 18.5. The molecule has 11 rings (SSSR count). The Morgan fingerprint density at radius 2 is 0.889 bits per heavy atom. The Morgan fingerprint density at radius 3 is 1.67 bits per heavy atom. The lowest BCUT2D eigenvalue weighted by Crippen LogP contribution is -2.10. The highest BCUT2D eigenvalue weighted by Gasteiger charge is 2.19. The highest BCUT2D eigenvalue weighted by molar-refractivity contribution is 7.26. The molecular weight excluding hydrogens is 671 g/mol. The second-order valence-corrected chi connectivity index (χ2v) is 15.1. The van der Waals surface area contributed by atoms with Crippen LogP contribution in [0.25, 0.3) is 85.5 Å². The van der Waals surface area contributed by atoms with E-state index in [0.717, 1.165) is 11.4 Å². The number of rotatable bonds is 5. The van der Waals surface area contributed by atoms with Gasteiger partial charge in [0.1, 0.15) is 0 Å². The third-order valence-corrected chi connectivity index (χ3v) is 12.2. The van der Waals surface area contributed by atoms with Crippen LogP contribution in [0.3, 0.4) is 0 Å². The molecule has 0 aliphatic heterocycles. The Kier molecular flexibility index (Phi) is 7.11. The molecular formula is C52H33NS. The molecule has 0 N–H and O–H groups in total. The zero-order valence-corrected chi connectivity index (χ0v) is 30.2. The van der Waals surface area contributed by atoms with Crippen LogP contribution < -0.4 is 4.90 Å². The van der Waals surface area contributed by atoms with Crippen molar-refractivity contribution in [1.29, 1.82) is 0 Å². The SMILES string of the molecule is c1cc(-c2cccc3ccccc23)cc(N(c2ccc(-c3ccc4c5ccccc5c5ccccc5c4c3)cc2)c2cccc3sc4ccccc4c23)c1. The number of benzene rings is 10. The number of fused-ring (bicyclic) bond motifs is 10. The molecule has 0 bridgehead atoms. The van der Waals surface area contributed by atoms with E-state index in [4.69, 9.17) is 0 Å². The van der Waals surface area contributed by atoms with Gasteiger partial charge in [0, 0.05) is 31.5 Å². The van der Waals surface area contributed by atoms with E-state index in [1.54, 1.807) is 0 Å². The summed E-state index contributed by atoms with van der Waals surface area (Å²) >= 11 is 1.86. The first-order chi connectivity index (χ1) is 26.8. The van der Waals surface area contributed by atoms with Crippen molar-refractivity contribution in [2.24, 2.45) is 0 Å². The summed E-state index contributed by atoms with van der Waals surface area (Å²) in [5, 5.41) is 12.8. The van der Waals surface area contributed by atoms with Crippen LogP contribution in [0.15, 0.2) is 200 Å². The maximum absolute atomic E-state index is 2.44. The molecule has 54 heavy (non-hydrogen) atoms. The van der Waals surface area contributed by atoms with Gasteiger partial charge in [0.25, 0.3) is 0 Å². The van der Waals surface area contributed by atoms with E-state index in [0.29, 0.717) is 0 Å². The monoisotopic (exact) mass is 703 g/mol. The molecule has 2 heteroatoms. The second kappa shape index (κ2) is 12.4. The van der Waals surface area contributed by atoms with Crippen LogP contribution in [0.4, 0.5) is 17.1 Å².